The highest BCUT2D eigenvalue weighted by Crippen LogP contribution is 2.34. The molecule has 0 aromatic heterocycles. The van der Waals surface area contributed by atoms with Crippen molar-refractivity contribution in [2.24, 2.45) is 5.92 Å². The molecule has 0 amide bonds. The minimum Gasteiger partial charge on any atom is -0.465 e. The average molecular weight is 366 g/mol. The number of hydrogen-bond acceptors (Lipinski definition) is 5. The van der Waals surface area contributed by atoms with Crippen LogP contribution in [0.5, 0.6) is 0 Å². The van der Waals surface area contributed by atoms with Gasteiger partial charge in [0.05, 0.1) is 17.6 Å². The summed E-state index contributed by atoms with van der Waals surface area (Å²) in [4.78, 5) is 14.4. The van der Waals surface area contributed by atoms with Gasteiger partial charge in [0.1, 0.15) is 0 Å². The number of rotatable bonds is 4. The van der Waals surface area contributed by atoms with Crippen molar-refractivity contribution in [3.63, 3.8) is 0 Å². The van der Waals surface area contributed by atoms with Crippen molar-refractivity contribution in [1.29, 1.82) is 0 Å². The van der Waals surface area contributed by atoms with E-state index in [4.69, 9.17) is 4.74 Å². The number of carbonyl (C=O) groups excluding carboxylic acids is 1. The van der Waals surface area contributed by atoms with Gasteiger partial charge in [-0.25, -0.2) is 13.2 Å². The first-order valence-corrected chi connectivity index (χ1v) is 10.1. The number of fused-ring (bicyclic) bond motifs is 3. The van der Waals surface area contributed by atoms with Gasteiger partial charge >= 0.3 is 5.97 Å². The molecule has 3 aliphatic heterocycles. The van der Waals surface area contributed by atoms with Crippen molar-refractivity contribution in [1.82, 2.24) is 9.21 Å². The van der Waals surface area contributed by atoms with Crippen LogP contribution >= 0.6 is 0 Å². The van der Waals surface area contributed by atoms with Gasteiger partial charge in [-0.3, -0.25) is 0 Å². The van der Waals surface area contributed by atoms with E-state index in [1.807, 2.05) is 6.92 Å². The zero-order valence-electron chi connectivity index (χ0n) is 15.3. The van der Waals surface area contributed by atoms with Gasteiger partial charge in [-0.1, -0.05) is 0 Å². The predicted octanol–water partition coefficient (Wildman–Crippen LogP) is 1.80. The standard InChI is InChI=1S/C18H26N2O4S/c1-12-9-15(18(21)24-4)10-17(13(12)2)25(22,23)19(3)16-11-20-7-5-14(16)6-8-20/h9-10,14,16H,5-8,11H2,1-4H3. The van der Waals surface area contributed by atoms with E-state index in [0.717, 1.165) is 38.0 Å². The molecule has 138 valence electrons. The van der Waals surface area contributed by atoms with E-state index in [9.17, 15) is 13.2 Å². The van der Waals surface area contributed by atoms with Crippen LogP contribution in [0.1, 0.15) is 34.3 Å². The molecular formula is C18H26N2O4S. The van der Waals surface area contributed by atoms with E-state index >= 15 is 0 Å². The lowest BCUT2D eigenvalue weighted by atomic mass is 9.84. The fourth-order valence-electron chi connectivity index (χ4n) is 4.01. The number of nitrogens with zero attached hydrogens (tertiary/aromatic N) is 2. The van der Waals surface area contributed by atoms with Crippen LogP contribution in [0.2, 0.25) is 0 Å². The Bertz CT molecular complexity index is 783. The third-order valence-electron chi connectivity index (χ3n) is 5.79. The normalized spacial score (nSPS) is 26.0. The number of likely N-dealkylation sites (N-methyl/N-ethyl adjacent to an activating group) is 1. The van der Waals surface area contributed by atoms with Crippen molar-refractivity contribution in [2.45, 2.75) is 37.6 Å². The van der Waals surface area contributed by atoms with E-state index in [0.29, 0.717) is 11.5 Å². The van der Waals surface area contributed by atoms with Gasteiger partial charge in [-0.15, -0.1) is 0 Å². The van der Waals surface area contributed by atoms with Crippen LogP contribution < -0.4 is 0 Å². The molecule has 0 radical (unpaired) electrons. The molecule has 0 aliphatic carbocycles. The lowest BCUT2D eigenvalue weighted by Crippen LogP contribution is -2.57. The van der Waals surface area contributed by atoms with Gasteiger partial charge < -0.3 is 9.64 Å². The molecule has 0 saturated carbocycles. The number of carbonyl (C=O) groups is 1. The monoisotopic (exact) mass is 366 g/mol. The van der Waals surface area contributed by atoms with E-state index in [1.54, 1.807) is 20.0 Å². The van der Waals surface area contributed by atoms with E-state index < -0.39 is 16.0 Å². The molecule has 3 heterocycles. The number of esters is 1. The quantitative estimate of drug-likeness (QED) is 0.760. The highest BCUT2D eigenvalue weighted by atomic mass is 32.2. The van der Waals surface area contributed by atoms with Crippen molar-refractivity contribution in [2.75, 3.05) is 33.8 Å². The van der Waals surface area contributed by atoms with Crippen LogP contribution in [0.25, 0.3) is 0 Å². The second kappa shape index (κ2) is 6.70. The molecule has 0 N–H and O–H groups in total. The third kappa shape index (κ3) is 3.20. The molecule has 0 spiro atoms. The smallest absolute Gasteiger partial charge is 0.337 e. The molecule has 6 nitrogen and oxygen atoms in total. The molecule has 2 bridgehead atoms. The first-order chi connectivity index (χ1) is 11.8. The van der Waals surface area contributed by atoms with Gasteiger partial charge in [0, 0.05) is 19.6 Å². The number of hydrogen-bond donors (Lipinski definition) is 0. The van der Waals surface area contributed by atoms with Crippen LogP contribution in [-0.4, -0.2) is 63.4 Å². The summed E-state index contributed by atoms with van der Waals surface area (Å²) in [6.45, 7) is 6.51. The highest BCUT2D eigenvalue weighted by Gasteiger charge is 2.41. The van der Waals surface area contributed by atoms with Gasteiger partial charge in [-0.05, 0) is 69.0 Å². The molecule has 1 unspecified atom stereocenters. The van der Waals surface area contributed by atoms with Crippen molar-refractivity contribution in [3.05, 3.63) is 28.8 Å². The number of benzene rings is 1. The number of piperidine rings is 3. The van der Waals surface area contributed by atoms with Gasteiger partial charge in [-0.2, -0.15) is 4.31 Å². The van der Waals surface area contributed by atoms with Crippen LogP contribution in [-0.2, 0) is 14.8 Å². The fraction of sp³-hybridized carbons (Fsp3) is 0.611. The van der Waals surface area contributed by atoms with E-state index in [-0.39, 0.29) is 16.5 Å². The maximum absolute atomic E-state index is 13.3. The topological polar surface area (TPSA) is 66.9 Å². The maximum Gasteiger partial charge on any atom is 0.337 e. The summed E-state index contributed by atoms with van der Waals surface area (Å²) in [6, 6.07) is 3.12. The Hall–Kier alpha value is -1.44. The molecule has 3 aliphatic rings. The van der Waals surface area contributed by atoms with Crippen LogP contribution in [0, 0.1) is 19.8 Å². The summed E-state index contributed by atoms with van der Waals surface area (Å²) in [5.74, 6) is -0.111. The largest absolute Gasteiger partial charge is 0.465 e. The SMILES string of the molecule is COC(=O)c1cc(C)c(C)c(S(=O)(=O)N(C)C2CN3CCC2CC3)c1. The van der Waals surface area contributed by atoms with Gasteiger partial charge in [0.25, 0.3) is 0 Å². The maximum atomic E-state index is 13.3. The van der Waals surface area contributed by atoms with Crippen molar-refractivity contribution in [3.8, 4) is 0 Å². The summed E-state index contributed by atoms with van der Waals surface area (Å²) in [7, 11) is -0.715. The fourth-order valence-corrected chi connectivity index (χ4v) is 5.74. The summed E-state index contributed by atoms with van der Waals surface area (Å²) >= 11 is 0. The molecule has 25 heavy (non-hydrogen) atoms. The second-order valence-corrected chi connectivity index (χ2v) is 9.10. The van der Waals surface area contributed by atoms with Crippen LogP contribution in [0.3, 0.4) is 0 Å². The number of methoxy groups -OCH3 is 1. The van der Waals surface area contributed by atoms with Crippen molar-refractivity contribution < 1.29 is 17.9 Å². The Labute approximate surface area is 149 Å². The summed E-state index contributed by atoms with van der Waals surface area (Å²) < 4.78 is 32.9. The first kappa shape index (κ1) is 18.4. The van der Waals surface area contributed by atoms with Crippen LogP contribution in [0.4, 0.5) is 0 Å². The molecule has 4 rings (SSSR count). The Kier molecular flexibility index (Phi) is 4.92. The Morgan fingerprint density at radius 3 is 2.40 bits per heavy atom. The zero-order valence-corrected chi connectivity index (χ0v) is 16.1. The number of aryl methyl sites for hydroxylation is 1. The Morgan fingerprint density at radius 1 is 1.24 bits per heavy atom. The van der Waals surface area contributed by atoms with Crippen molar-refractivity contribution >= 4 is 16.0 Å². The highest BCUT2D eigenvalue weighted by molar-refractivity contribution is 7.89. The number of ether oxygens (including phenoxy) is 1. The third-order valence-corrected chi connectivity index (χ3v) is 7.80. The molecule has 3 fully saturated rings. The minimum absolute atomic E-state index is 0.00557. The molecule has 1 aromatic rings. The number of sulfonamides is 1. The Balaban J connectivity index is 1.99. The minimum atomic E-state index is -3.68. The summed E-state index contributed by atoms with van der Waals surface area (Å²) in [5.41, 5.74) is 1.72. The van der Waals surface area contributed by atoms with Gasteiger partial charge in [0.2, 0.25) is 10.0 Å². The molecule has 3 saturated heterocycles. The second-order valence-electron chi connectivity index (χ2n) is 7.13. The average Bonchev–Trinajstić information content (AvgIpc) is 2.63. The zero-order chi connectivity index (χ0) is 18.4. The molecular weight excluding hydrogens is 340 g/mol. The lowest BCUT2D eigenvalue weighted by molar-refractivity contribution is 0.0465. The van der Waals surface area contributed by atoms with Gasteiger partial charge in [0.15, 0.2) is 0 Å². The lowest BCUT2D eigenvalue weighted by Gasteiger charge is -2.47. The van der Waals surface area contributed by atoms with E-state index in [1.165, 1.54) is 17.5 Å². The summed E-state index contributed by atoms with van der Waals surface area (Å²) in [5, 5.41) is 0. The predicted molar refractivity (Wildman–Crippen MR) is 95.2 cm³/mol. The Morgan fingerprint density at radius 2 is 1.88 bits per heavy atom. The molecule has 1 atom stereocenters. The first-order valence-electron chi connectivity index (χ1n) is 8.65. The molecule has 7 heteroatoms. The molecule has 1 aromatic carbocycles. The van der Waals surface area contributed by atoms with Crippen LogP contribution in [0.15, 0.2) is 17.0 Å². The summed E-state index contributed by atoms with van der Waals surface area (Å²) in [6.07, 6.45) is 2.09. The van der Waals surface area contributed by atoms with E-state index in [2.05, 4.69) is 4.90 Å².